The Kier molecular flexibility index (Phi) is 7.27. The molecular weight excluding hydrogens is 276 g/mol. The van der Waals surface area contributed by atoms with Gasteiger partial charge in [0, 0.05) is 24.8 Å². The Morgan fingerprint density at radius 2 is 1.95 bits per heavy atom. The van der Waals surface area contributed by atoms with Crippen LogP contribution in [0.25, 0.3) is 0 Å². The third kappa shape index (κ3) is 7.08. The molecule has 0 spiro atoms. The number of halogens is 1. The molecular formula is C15H25ClN2O2. The number of hydrogen-bond acceptors (Lipinski definition) is 4. The number of rotatable bonds is 8. The fourth-order valence-electron chi connectivity index (χ4n) is 1.47. The predicted molar refractivity (Wildman–Crippen MR) is 82.4 cm³/mol. The Morgan fingerprint density at radius 1 is 1.20 bits per heavy atom. The van der Waals surface area contributed by atoms with E-state index in [2.05, 4.69) is 38.0 Å². The fraction of sp³-hybridized carbons (Fsp3) is 0.667. The summed E-state index contributed by atoms with van der Waals surface area (Å²) in [6.07, 6.45) is 1.02. The van der Waals surface area contributed by atoms with Gasteiger partial charge in [0.1, 0.15) is 6.61 Å². The minimum atomic E-state index is 0.0237. The standard InChI is InChI=1S/C15H25ClN2O2/c1-5-8-19-9-10-20-14-7-6-12(16)13(18-14)11-17-15(2,3)4/h6-7,17H,5,8-11H2,1-4H3. The summed E-state index contributed by atoms with van der Waals surface area (Å²) in [5.41, 5.74) is 0.823. The van der Waals surface area contributed by atoms with Crippen molar-refractivity contribution in [3.05, 3.63) is 22.8 Å². The van der Waals surface area contributed by atoms with Gasteiger partial charge in [0.15, 0.2) is 0 Å². The molecule has 1 rings (SSSR count). The number of nitrogens with one attached hydrogen (secondary N) is 1. The van der Waals surface area contributed by atoms with Crippen LogP contribution in [0.3, 0.4) is 0 Å². The van der Waals surface area contributed by atoms with Gasteiger partial charge in [-0.15, -0.1) is 0 Å². The first-order valence-electron chi connectivity index (χ1n) is 7.03. The average Bonchev–Trinajstić information content (AvgIpc) is 2.38. The average molecular weight is 301 g/mol. The molecule has 1 aromatic heterocycles. The van der Waals surface area contributed by atoms with E-state index in [4.69, 9.17) is 21.1 Å². The molecule has 0 atom stereocenters. The summed E-state index contributed by atoms with van der Waals surface area (Å²) in [7, 11) is 0. The van der Waals surface area contributed by atoms with E-state index in [1.807, 2.05) is 6.07 Å². The SMILES string of the molecule is CCCOCCOc1ccc(Cl)c(CNC(C)(C)C)n1. The van der Waals surface area contributed by atoms with Crippen LogP contribution in [0.2, 0.25) is 5.02 Å². The molecule has 20 heavy (non-hydrogen) atoms. The lowest BCUT2D eigenvalue weighted by molar-refractivity contribution is 0.0989. The van der Waals surface area contributed by atoms with E-state index in [0.717, 1.165) is 18.7 Å². The van der Waals surface area contributed by atoms with E-state index in [0.29, 0.717) is 30.7 Å². The lowest BCUT2D eigenvalue weighted by atomic mass is 10.1. The number of aromatic nitrogens is 1. The van der Waals surface area contributed by atoms with Crippen LogP contribution < -0.4 is 10.1 Å². The fourth-order valence-corrected chi connectivity index (χ4v) is 1.64. The van der Waals surface area contributed by atoms with Gasteiger partial charge in [0.2, 0.25) is 5.88 Å². The highest BCUT2D eigenvalue weighted by atomic mass is 35.5. The molecule has 0 aliphatic heterocycles. The number of hydrogen-bond donors (Lipinski definition) is 1. The molecule has 0 aromatic carbocycles. The summed E-state index contributed by atoms with van der Waals surface area (Å²) in [6.45, 7) is 10.8. The molecule has 0 aliphatic carbocycles. The molecule has 0 unspecified atom stereocenters. The quantitative estimate of drug-likeness (QED) is 0.747. The van der Waals surface area contributed by atoms with Gasteiger partial charge in [0.05, 0.1) is 17.3 Å². The Morgan fingerprint density at radius 3 is 2.60 bits per heavy atom. The number of ether oxygens (including phenoxy) is 2. The van der Waals surface area contributed by atoms with E-state index in [1.165, 1.54) is 0 Å². The van der Waals surface area contributed by atoms with Crippen molar-refractivity contribution in [2.45, 2.75) is 46.2 Å². The van der Waals surface area contributed by atoms with Gasteiger partial charge in [0.25, 0.3) is 0 Å². The predicted octanol–water partition coefficient (Wildman–Crippen LogP) is 3.43. The van der Waals surface area contributed by atoms with E-state index >= 15 is 0 Å². The third-order valence-electron chi connectivity index (χ3n) is 2.51. The minimum absolute atomic E-state index is 0.0237. The highest BCUT2D eigenvalue weighted by Gasteiger charge is 2.11. The molecule has 0 aliphatic rings. The normalized spacial score (nSPS) is 11.7. The topological polar surface area (TPSA) is 43.4 Å². The Labute approximate surface area is 126 Å². The first-order chi connectivity index (χ1) is 9.42. The van der Waals surface area contributed by atoms with Crippen molar-refractivity contribution in [3.8, 4) is 5.88 Å². The largest absolute Gasteiger partial charge is 0.475 e. The zero-order valence-corrected chi connectivity index (χ0v) is 13.6. The summed E-state index contributed by atoms with van der Waals surface area (Å²) in [5, 5.41) is 4.01. The number of nitrogens with zero attached hydrogens (tertiary/aromatic N) is 1. The minimum Gasteiger partial charge on any atom is -0.475 e. The van der Waals surface area contributed by atoms with E-state index in [-0.39, 0.29) is 5.54 Å². The molecule has 0 saturated carbocycles. The maximum absolute atomic E-state index is 6.14. The summed E-state index contributed by atoms with van der Waals surface area (Å²) in [5.74, 6) is 0.584. The lowest BCUT2D eigenvalue weighted by Gasteiger charge is -2.20. The summed E-state index contributed by atoms with van der Waals surface area (Å²) >= 11 is 6.14. The van der Waals surface area contributed by atoms with Crippen LogP contribution in [0.4, 0.5) is 0 Å². The van der Waals surface area contributed by atoms with E-state index in [1.54, 1.807) is 6.07 Å². The molecule has 1 N–H and O–H groups in total. The monoisotopic (exact) mass is 300 g/mol. The highest BCUT2D eigenvalue weighted by molar-refractivity contribution is 6.31. The molecule has 0 amide bonds. The van der Waals surface area contributed by atoms with E-state index in [9.17, 15) is 0 Å². The first kappa shape index (κ1) is 17.2. The third-order valence-corrected chi connectivity index (χ3v) is 2.85. The van der Waals surface area contributed by atoms with Gasteiger partial charge in [-0.3, -0.25) is 0 Å². The van der Waals surface area contributed by atoms with Gasteiger partial charge in [-0.1, -0.05) is 18.5 Å². The lowest BCUT2D eigenvalue weighted by Crippen LogP contribution is -2.35. The van der Waals surface area contributed by atoms with Gasteiger partial charge >= 0.3 is 0 Å². The van der Waals surface area contributed by atoms with Crippen molar-refractivity contribution in [1.29, 1.82) is 0 Å². The Bertz CT molecular complexity index is 405. The van der Waals surface area contributed by atoms with Crippen molar-refractivity contribution >= 4 is 11.6 Å². The second-order valence-corrected chi connectivity index (χ2v) is 6.05. The maximum atomic E-state index is 6.14. The van der Waals surface area contributed by atoms with Crippen LogP contribution in [-0.4, -0.2) is 30.3 Å². The molecule has 0 fully saturated rings. The van der Waals surface area contributed by atoms with Crippen molar-refractivity contribution in [1.82, 2.24) is 10.3 Å². The zero-order valence-electron chi connectivity index (χ0n) is 12.8. The summed E-state index contributed by atoms with van der Waals surface area (Å²) in [4.78, 5) is 4.42. The molecule has 0 saturated heterocycles. The Balaban J connectivity index is 2.48. The van der Waals surface area contributed by atoms with Crippen molar-refractivity contribution in [2.24, 2.45) is 0 Å². The van der Waals surface area contributed by atoms with Crippen molar-refractivity contribution in [3.63, 3.8) is 0 Å². The molecule has 114 valence electrons. The second-order valence-electron chi connectivity index (χ2n) is 5.64. The van der Waals surface area contributed by atoms with Crippen LogP contribution in [0.1, 0.15) is 39.8 Å². The second kappa shape index (κ2) is 8.45. The molecule has 5 heteroatoms. The van der Waals surface area contributed by atoms with Crippen LogP contribution in [0.5, 0.6) is 5.88 Å². The van der Waals surface area contributed by atoms with E-state index < -0.39 is 0 Å². The van der Waals surface area contributed by atoms with Crippen LogP contribution in [0.15, 0.2) is 12.1 Å². The van der Waals surface area contributed by atoms with Gasteiger partial charge < -0.3 is 14.8 Å². The highest BCUT2D eigenvalue weighted by Crippen LogP contribution is 2.18. The summed E-state index contributed by atoms with van der Waals surface area (Å²) in [6, 6.07) is 3.60. The molecule has 0 bridgehead atoms. The molecule has 1 heterocycles. The van der Waals surface area contributed by atoms with Gasteiger partial charge in [-0.2, -0.15) is 0 Å². The van der Waals surface area contributed by atoms with Crippen molar-refractivity contribution in [2.75, 3.05) is 19.8 Å². The number of pyridine rings is 1. The maximum Gasteiger partial charge on any atom is 0.213 e. The molecule has 0 radical (unpaired) electrons. The van der Waals surface area contributed by atoms with Gasteiger partial charge in [-0.25, -0.2) is 4.98 Å². The van der Waals surface area contributed by atoms with Crippen LogP contribution >= 0.6 is 11.6 Å². The van der Waals surface area contributed by atoms with Crippen molar-refractivity contribution < 1.29 is 9.47 Å². The smallest absolute Gasteiger partial charge is 0.213 e. The van der Waals surface area contributed by atoms with Crippen LogP contribution in [0, 0.1) is 0 Å². The Hall–Kier alpha value is -0.840. The summed E-state index contributed by atoms with van der Waals surface area (Å²) < 4.78 is 10.9. The first-order valence-corrected chi connectivity index (χ1v) is 7.41. The molecule has 1 aromatic rings. The van der Waals surface area contributed by atoms with Crippen LogP contribution in [-0.2, 0) is 11.3 Å². The zero-order chi connectivity index (χ0) is 15.0. The molecule has 4 nitrogen and oxygen atoms in total. The van der Waals surface area contributed by atoms with Gasteiger partial charge in [-0.05, 0) is 33.3 Å².